The largest absolute Gasteiger partial charge is 0.396 e. The molecule has 0 unspecified atom stereocenters. The molecule has 2 atom stereocenters. The maximum Gasteiger partial charge on any atom is 0.0436 e. The molecule has 2 nitrogen and oxygen atoms in total. The van der Waals surface area contributed by atoms with Crippen LogP contribution in [0.2, 0.25) is 0 Å². The van der Waals surface area contributed by atoms with Crippen LogP contribution in [0.3, 0.4) is 0 Å². The van der Waals surface area contributed by atoms with Gasteiger partial charge in [-0.2, -0.15) is 0 Å². The minimum Gasteiger partial charge on any atom is -0.396 e. The molecule has 0 heterocycles. The van der Waals surface area contributed by atoms with Crippen molar-refractivity contribution in [2.45, 2.75) is 18.9 Å². The molecule has 0 aromatic carbocycles. The molecule has 0 aromatic rings. The lowest BCUT2D eigenvalue weighted by molar-refractivity contribution is 0.268. The molecule has 1 rings (SSSR count). The zero-order valence-corrected chi connectivity index (χ0v) is 5.46. The van der Waals surface area contributed by atoms with Crippen LogP contribution in [0.5, 0.6) is 0 Å². The van der Waals surface area contributed by atoms with E-state index in [1.807, 2.05) is 6.08 Å². The van der Waals surface area contributed by atoms with Crippen LogP contribution in [0, 0.1) is 5.92 Å². The van der Waals surface area contributed by atoms with Gasteiger partial charge in [-0.3, -0.25) is 0 Å². The molecule has 0 bridgehead atoms. The summed E-state index contributed by atoms with van der Waals surface area (Å²) in [5.74, 6) is 0.532. The lowest BCUT2D eigenvalue weighted by atomic mass is 10.1. The first-order valence-electron chi connectivity index (χ1n) is 3.37. The van der Waals surface area contributed by atoms with Crippen LogP contribution in [-0.2, 0) is 0 Å². The molecule has 0 saturated carbocycles. The van der Waals surface area contributed by atoms with E-state index in [9.17, 15) is 0 Å². The summed E-state index contributed by atoms with van der Waals surface area (Å²) in [4.78, 5) is 0. The van der Waals surface area contributed by atoms with Crippen molar-refractivity contribution in [3.63, 3.8) is 0 Å². The number of hydrogen-bond acceptors (Lipinski definition) is 2. The van der Waals surface area contributed by atoms with Gasteiger partial charge in [0.15, 0.2) is 0 Å². The van der Waals surface area contributed by atoms with E-state index in [4.69, 9.17) is 10.8 Å². The van der Waals surface area contributed by atoms with Gasteiger partial charge in [0.2, 0.25) is 0 Å². The van der Waals surface area contributed by atoms with E-state index in [1.54, 1.807) is 0 Å². The van der Waals surface area contributed by atoms with Gasteiger partial charge in [-0.15, -0.1) is 0 Å². The van der Waals surface area contributed by atoms with Crippen molar-refractivity contribution in [3.05, 3.63) is 12.2 Å². The summed E-state index contributed by atoms with van der Waals surface area (Å²) < 4.78 is 0. The van der Waals surface area contributed by atoms with Gasteiger partial charge < -0.3 is 10.8 Å². The summed E-state index contributed by atoms with van der Waals surface area (Å²) in [6.07, 6.45) is 5.99. The Balaban J connectivity index is 2.24. The fraction of sp³-hybridized carbons (Fsp3) is 0.714. The highest BCUT2D eigenvalue weighted by molar-refractivity contribution is 5.04. The van der Waals surface area contributed by atoms with Crippen LogP contribution in [0.25, 0.3) is 0 Å². The number of rotatable bonds is 2. The van der Waals surface area contributed by atoms with Crippen LogP contribution in [0.4, 0.5) is 0 Å². The fourth-order valence-electron chi connectivity index (χ4n) is 1.19. The number of aliphatic hydroxyl groups is 1. The van der Waals surface area contributed by atoms with Crippen LogP contribution in [-0.4, -0.2) is 17.8 Å². The second kappa shape index (κ2) is 2.99. The summed E-state index contributed by atoms with van der Waals surface area (Å²) in [5, 5.41) is 8.54. The van der Waals surface area contributed by atoms with Gasteiger partial charge in [0, 0.05) is 12.6 Å². The number of hydrogen-bond donors (Lipinski definition) is 2. The molecule has 1 aliphatic carbocycles. The molecule has 9 heavy (non-hydrogen) atoms. The maximum atomic E-state index is 8.54. The van der Waals surface area contributed by atoms with Gasteiger partial charge in [0.25, 0.3) is 0 Å². The third-order valence-electron chi connectivity index (χ3n) is 1.71. The minimum absolute atomic E-state index is 0.238. The lowest BCUT2D eigenvalue weighted by Gasteiger charge is -2.04. The Morgan fingerprint density at radius 3 is 2.78 bits per heavy atom. The summed E-state index contributed by atoms with van der Waals surface area (Å²) in [7, 11) is 0. The quantitative estimate of drug-likeness (QED) is 0.523. The topological polar surface area (TPSA) is 46.2 Å². The molecular weight excluding hydrogens is 114 g/mol. The van der Waals surface area contributed by atoms with Gasteiger partial charge in [-0.05, 0) is 18.8 Å². The lowest BCUT2D eigenvalue weighted by Crippen LogP contribution is -2.15. The molecule has 0 radical (unpaired) electrons. The van der Waals surface area contributed by atoms with Crippen molar-refractivity contribution in [2.24, 2.45) is 11.7 Å². The van der Waals surface area contributed by atoms with E-state index in [0.29, 0.717) is 5.92 Å². The van der Waals surface area contributed by atoms with Crippen molar-refractivity contribution in [1.82, 2.24) is 0 Å². The highest BCUT2D eigenvalue weighted by Gasteiger charge is 2.13. The molecule has 1 aliphatic rings. The van der Waals surface area contributed by atoms with E-state index in [2.05, 4.69) is 6.08 Å². The van der Waals surface area contributed by atoms with Crippen molar-refractivity contribution in [3.8, 4) is 0 Å². The van der Waals surface area contributed by atoms with Crippen LogP contribution in [0.1, 0.15) is 12.8 Å². The fourth-order valence-corrected chi connectivity index (χ4v) is 1.19. The van der Waals surface area contributed by atoms with E-state index in [-0.39, 0.29) is 12.6 Å². The Morgan fingerprint density at radius 1 is 1.56 bits per heavy atom. The van der Waals surface area contributed by atoms with Gasteiger partial charge in [-0.25, -0.2) is 0 Å². The summed E-state index contributed by atoms with van der Waals surface area (Å²) >= 11 is 0. The highest BCUT2D eigenvalue weighted by atomic mass is 16.3. The number of aliphatic hydroxyl groups excluding tert-OH is 1. The van der Waals surface area contributed by atoms with Gasteiger partial charge in [-0.1, -0.05) is 12.2 Å². The molecule has 0 fully saturated rings. The normalized spacial score (nSPS) is 33.6. The third-order valence-corrected chi connectivity index (χ3v) is 1.71. The average Bonchev–Trinajstić information content (AvgIpc) is 2.17. The predicted molar refractivity (Wildman–Crippen MR) is 36.9 cm³/mol. The standard InChI is InChI=1S/C7H13NO/c8-7-2-1-6(5-7)3-4-9/h1-2,6-7,9H,3-5,8H2/t6-,7-/m0/s1. The molecule has 0 aliphatic heterocycles. The van der Waals surface area contributed by atoms with Crippen LogP contribution < -0.4 is 5.73 Å². The van der Waals surface area contributed by atoms with Crippen molar-refractivity contribution >= 4 is 0 Å². The first-order chi connectivity index (χ1) is 4.33. The first kappa shape index (κ1) is 6.78. The SMILES string of the molecule is N[C@H]1C=C[C@@H](CCO)C1. The zero-order chi connectivity index (χ0) is 6.69. The van der Waals surface area contributed by atoms with Crippen LogP contribution >= 0.6 is 0 Å². The Kier molecular flexibility index (Phi) is 2.25. The Hall–Kier alpha value is -0.340. The zero-order valence-electron chi connectivity index (χ0n) is 5.46. The van der Waals surface area contributed by atoms with E-state index in [1.165, 1.54) is 0 Å². The first-order valence-corrected chi connectivity index (χ1v) is 3.37. The number of allylic oxidation sites excluding steroid dienone is 1. The Morgan fingerprint density at radius 2 is 2.33 bits per heavy atom. The monoisotopic (exact) mass is 127 g/mol. The highest BCUT2D eigenvalue weighted by Crippen LogP contribution is 2.18. The summed E-state index contributed by atoms with van der Waals surface area (Å²) in [5.41, 5.74) is 5.59. The third kappa shape index (κ3) is 1.80. The van der Waals surface area contributed by atoms with Crippen molar-refractivity contribution in [1.29, 1.82) is 0 Å². The molecule has 52 valence electrons. The predicted octanol–water partition coefficient (Wildman–Crippen LogP) is 0.272. The maximum absolute atomic E-state index is 8.54. The number of nitrogens with two attached hydrogens (primary N) is 1. The second-order valence-electron chi connectivity index (χ2n) is 2.56. The molecule has 0 aromatic heterocycles. The molecule has 3 N–H and O–H groups in total. The van der Waals surface area contributed by atoms with Gasteiger partial charge in [0.1, 0.15) is 0 Å². The van der Waals surface area contributed by atoms with E-state index in [0.717, 1.165) is 12.8 Å². The van der Waals surface area contributed by atoms with Crippen LogP contribution in [0.15, 0.2) is 12.2 Å². The minimum atomic E-state index is 0.238. The molecule has 0 spiro atoms. The molecule has 2 heteroatoms. The molecule has 0 amide bonds. The van der Waals surface area contributed by atoms with Crippen molar-refractivity contribution in [2.75, 3.05) is 6.61 Å². The smallest absolute Gasteiger partial charge is 0.0436 e. The van der Waals surface area contributed by atoms with E-state index >= 15 is 0 Å². The second-order valence-corrected chi connectivity index (χ2v) is 2.56. The molecular formula is C7H13NO. The average molecular weight is 127 g/mol. The Labute approximate surface area is 55.4 Å². The Bertz CT molecular complexity index is 111. The van der Waals surface area contributed by atoms with Crippen molar-refractivity contribution < 1.29 is 5.11 Å². The van der Waals surface area contributed by atoms with E-state index < -0.39 is 0 Å². The van der Waals surface area contributed by atoms with Gasteiger partial charge >= 0.3 is 0 Å². The van der Waals surface area contributed by atoms with Gasteiger partial charge in [0.05, 0.1) is 0 Å². The molecule has 0 saturated heterocycles. The summed E-state index contributed by atoms with van der Waals surface area (Å²) in [6, 6.07) is 0.238. The summed E-state index contributed by atoms with van der Waals surface area (Å²) in [6.45, 7) is 0.279.